The first-order chi connectivity index (χ1) is 19.5. The molecule has 3 N–H and O–H groups in total. The molecule has 0 bridgehead atoms. The summed E-state index contributed by atoms with van der Waals surface area (Å²) in [5.74, 6) is -3.51. The van der Waals surface area contributed by atoms with Crippen LogP contribution >= 0.6 is 0 Å². The highest BCUT2D eigenvalue weighted by Gasteiger charge is 2.32. The van der Waals surface area contributed by atoms with Crippen molar-refractivity contribution in [1.29, 1.82) is 5.26 Å². The van der Waals surface area contributed by atoms with Crippen LogP contribution in [0.25, 0.3) is 22.2 Å². The fourth-order valence-corrected chi connectivity index (χ4v) is 4.07. The van der Waals surface area contributed by atoms with Crippen molar-refractivity contribution < 1.29 is 41.3 Å². The molecule has 1 atom stereocenters. The molecule has 0 spiro atoms. The summed E-state index contributed by atoms with van der Waals surface area (Å²) in [7, 11) is 0. The number of alkyl halides is 3. The van der Waals surface area contributed by atoms with Crippen molar-refractivity contribution >= 4 is 22.7 Å². The summed E-state index contributed by atoms with van der Waals surface area (Å²) in [5, 5.41) is 21.7. The van der Waals surface area contributed by atoms with E-state index in [0.717, 1.165) is 18.2 Å². The Morgan fingerprint density at radius 3 is 2.56 bits per heavy atom. The van der Waals surface area contributed by atoms with Gasteiger partial charge in [0.15, 0.2) is 17.4 Å². The number of hydrogen-bond acceptors (Lipinski definition) is 8. The molecule has 2 aromatic heterocycles. The number of H-pyrrole nitrogens is 1. The van der Waals surface area contributed by atoms with E-state index in [4.69, 9.17) is 9.47 Å². The minimum atomic E-state index is -4.99. The lowest BCUT2D eigenvalue weighted by Gasteiger charge is -2.30. The Labute approximate surface area is 228 Å². The zero-order chi connectivity index (χ0) is 29.4. The van der Waals surface area contributed by atoms with Crippen LogP contribution < -0.4 is 14.8 Å². The Morgan fingerprint density at radius 1 is 1.17 bits per heavy atom. The summed E-state index contributed by atoms with van der Waals surface area (Å²) in [6, 6.07) is 8.50. The summed E-state index contributed by atoms with van der Waals surface area (Å²) >= 11 is 0. The lowest BCUT2D eigenvalue weighted by molar-refractivity contribution is -0.274. The van der Waals surface area contributed by atoms with E-state index in [0.29, 0.717) is 11.1 Å². The largest absolute Gasteiger partial charge is 0.573 e. The number of aliphatic hydroxyl groups excluding tert-OH is 1. The predicted molar refractivity (Wildman–Crippen MR) is 136 cm³/mol. The minimum Gasteiger partial charge on any atom is -0.464 e. The number of nitrogens with one attached hydrogen (secondary N) is 2. The van der Waals surface area contributed by atoms with Gasteiger partial charge in [-0.25, -0.2) is 18.8 Å². The summed E-state index contributed by atoms with van der Waals surface area (Å²) in [6.07, 6.45) is -2.18. The van der Waals surface area contributed by atoms with Crippen molar-refractivity contribution in [3.63, 3.8) is 0 Å². The van der Waals surface area contributed by atoms with Gasteiger partial charge in [0.2, 0.25) is 0 Å². The van der Waals surface area contributed by atoms with Crippen molar-refractivity contribution in [3.8, 4) is 34.4 Å². The number of aliphatic imine (C=N–C) groups is 1. The first-order valence-corrected chi connectivity index (χ1v) is 12.0. The number of hydrogen-bond donors (Lipinski definition) is 3. The van der Waals surface area contributed by atoms with Gasteiger partial charge in [0.1, 0.15) is 29.8 Å². The predicted octanol–water partition coefficient (Wildman–Crippen LogP) is 5.87. The maximum atomic E-state index is 15.1. The fraction of sp³-hybridized carbons (Fsp3) is 0.222. The number of anilines is 1. The molecule has 41 heavy (non-hydrogen) atoms. The van der Waals surface area contributed by atoms with E-state index in [2.05, 4.69) is 25.0 Å². The number of amidine groups is 1. The number of aliphatic hydroxyl groups is 1. The van der Waals surface area contributed by atoms with Crippen LogP contribution in [0.5, 0.6) is 17.2 Å². The van der Waals surface area contributed by atoms with Crippen LogP contribution in [0.15, 0.2) is 53.8 Å². The van der Waals surface area contributed by atoms with Crippen LogP contribution in [0.4, 0.5) is 27.6 Å². The maximum absolute atomic E-state index is 15.1. The molecule has 4 aromatic rings. The third-order valence-electron chi connectivity index (χ3n) is 6.18. The molecule has 9 nitrogen and oxygen atoms in total. The van der Waals surface area contributed by atoms with Crippen LogP contribution in [0.2, 0.25) is 0 Å². The number of pyridine rings is 1. The number of nitrogens with zero attached hydrogens (tertiary/aromatic N) is 3. The molecular formula is C27H20F5N5O4. The molecule has 0 amide bonds. The highest BCUT2D eigenvalue weighted by molar-refractivity contribution is 5.98. The molecule has 14 heteroatoms. The molecule has 0 aliphatic carbocycles. The second-order valence-corrected chi connectivity index (χ2v) is 9.48. The van der Waals surface area contributed by atoms with Gasteiger partial charge in [0.25, 0.3) is 6.02 Å². The average molecular weight is 573 g/mol. The summed E-state index contributed by atoms with van der Waals surface area (Å²) in [6.45, 7) is 2.06. The highest BCUT2D eigenvalue weighted by atomic mass is 19.4. The van der Waals surface area contributed by atoms with Gasteiger partial charge in [0.05, 0.1) is 24.1 Å². The van der Waals surface area contributed by atoms with Crippen molar-refractivity contribution in [2.24, 2.45) is 10.4 Å². The van der Waals surface area contributed by atoms with Gasteiger partial charge in [-0.15, -0.1) is 13.2 Å². The number of aromatic amines is 1. The Hall–Kier alpha value is -4.90. The van der Waals surface area contributed by atoms with E-state index in [9.17, 15) is 23.5 Å². The summed E-state index contributed by atoms with van der Waals surface area (Å²) in [4.78, 5) is 11.2. The molecule has 0 saturated carbocycles. The molecule has 2 aromatic carbocycles. The van der Waals surface area contributed by atoms with Crippen LogP contribution in [0.1, 0.15) is 12.5 Å². The molecule has 5 rings (SSSR count). The monoisotopic (exact) mass is 573 g/mol. The zero-order valence-corrected chi connectivity index (χ0v) is 21.1. The number of fused-ring (bicyclic) bond motifs is 1. The zero-order valence-electron chi connectivity index (χ0n) is 21.1. The molecule has 0 unspecified atom stereocenters. The third-order valence-corrected chi connectivity index (χ3v) is 6.18. The van der Waals surface area contributed by atoms with E-state index < -0.39 is 34.9 Å². The molecule has 0 saturated heterocycles. The van der Waals surface area contributed by atoms with Gasteiger partial charge in [-0.2, -0.15) is 5.26 Å². The van der Waals surface area contributed by atoms with Gasteiger partial charge >= 0.3 is 6.36 Å². The van der Waals surface area contributed by atoms with Crippen LogP contribution in [-0.4, -0.2) is 47.2 Å². The van der Waals surface area contributed by atoms with Gasteiger partial charge < -0.3 is 29.6 Å². The smallest absolute Gasteiger partial charge is 0.464 e. The first-order valence-electron chi connectivity index (χ1n) is 12.0. The van der Waals surface area contributed by atoms with Crippen molar-refractivity contribution in [2.45, 2.75) is 13.3 Å². The normalized spacial score (nSPS) is 17.0. The summed E-state index contributed by atoms with van der Waals surface area (Å²) < 4.78 is 83.2. The number of ether oxygens (including phenoxy) is 3. The number of halogens is 5. The molecule has 1 aliphatic rings. The SMILES string of the molecule is C[C@]1(CO)CN=C(Nc2cc(F)c(Oc3ccnc4[nH]cc(-c5ccc(OC(F)(F)F)c(C#N)c5)c34)c(F)c2)OC1. The van der Waals surface area contributed by atoms with Crippen molar-refractivity contribution in [2.75, 3.05) is 25.1 Å². The Balaban J connectivity index is 1.45. The quantitative estimate of drug-likeness (QED) is 0.247. The molecular weight excluding hydrogens is 553 g/mol. The number of rotatable bonds is 6. The minimum absolute atomic E-state index is 0.00566. The molecule has 0 fully saturated rings. The second-order valence-electron chi connectivity index (χ2n) is 9.48. The van der Waals surface area contributed by atoms with Gasteiger partial charge in [0, 0.05) is 41.2 Å². The second kappa shape index (κ2) is 10.6. The molecule has 3 heterocycles. The third kappa shape index (κ3) is 5.85. The van der Waals surface area contributed by atoms with E-state index in [1.165, 1.54) is 30.6 Å². The van der Waals surface area contributed by atoms with E-state index in [-0.39, 0.29) is 53.8 Å². The molecule has 212 valence electrons. The maximum Gasteiger partial charge on any atom is 0.573 e. The van der Waals surface area contributed by atoms with E-state index in [1.54, 1.807) is 13.0 Å². The topological polar surface area (TPSA) is 125 Å². The lowest BCUT2D eigenvalue weighted by atomic mass is 9.93. The summed E-state index contributed by atoms with van der Waals surface area (Å²) in [5.41, 5.74) is -0.0280. The Bertz CT molecular complexity index is 1670. The molecule has 0 radical (unpaired) electrons. The van der Waals surface area contributed by atoms with Crippen LogP contribution in [0.3, 0.4) is 0 Å². The first kappa shape index (κ1) is 27.7. The van der Waals surface area contributed by atoms with Crippen molar-refractivity contribution in [1.82, 2.24) is 9.97 Å². The number of aromatic nitrogens is 2. The Morgan fingerprint density at radius 2 is 1.93 bits per heavy atom. The van der Waals surface area contributed by atoms with E-state index in [1.807, 2.05) is 0 Å². The lowest BCUT2D eigenvalue weighted by Crippen LogP contribution is -2.38. The van der Waals surface area contributed by atoms with Gasteiger partial charge in [-0.05, 0) is 23.8 Å². The molecule has 1 aliphatic heterocycles. The van der Waals surface area contributed by atoms with Gasteiger partial charge in [-0.3, -0.25) is 0 Å². The number of nitriles is 1. The van der Waals surface area contributed by atoms with Crippen molar-refractivity contribution in [3.05, 3.63) is 66.0 Å². The average Bonchev–Trinajstić information content (AvgIpc) is 3.37. The standard InChI is InChI=1S/C27H20F5N5O4/c1-26(12-38)11-36-25(39-13-26)37-16-7-18(28)23(19(29)8-16)40-21-4-5-34-24-22(21)17(10-35-24)14-2-3-20(15(6-14)9-33)41-27(30,31)32/h2-8,10,38H,11-13H2,1H3,(H,34,35)(H,36,37)/t26-/m1/s1. The highest BCUT2D eigenvalue weighted by Crippen LogP contribution is 2.40. The number of benzene rings is 2. The van der Waals surface area contributed by atoms with Crippen LogP contribution in [0, 0.1) is 28.4 Å². The van der Waals surface area contributed by atoms with Crippen LogP contribution in [-0.2, 0) is 4.74 Å². The van der Waals surface area contributed by atoms with E-state index >= 15 is 8.78 Å². The van der Waals surface area contributed by atoms with Gasteiger partial charge in [-0.1, -0.05) is 13.0 Å². The fourth-order valence-electron chi connectivity index (χ4n) is 4.07. The Kier molecular flexibility index (Phi) is 7.14.